The molecule has 0 radical (unpaired) electrons. The van der Waals surface area contributed by atoms with Gasteiger partial charge in [-0.05, 0) is 30.9 Å². The monoisotopic (exact) mass is 345 g/mol. The molecule has 2 aliphatic carbocycles. The Morgan fingerprint density at radius 3 is 2.88 bits per heavy atom. The van der Waals surface area contributed by atoms with Crippen LogP contribution in [0.3, 0.4) is 0 Å². The van der Waals surface area contributed by atoms with E-state index in [0.717, 1.165) is 12.8 Å². The molecule has 1 heterocycles. The summed E-state index contributed by atoms with van der Waals surface area (Å²) in [5, 5.41) is 2.65. The molecule has 4 rings (SSSR count). The summed E-state index contributed by atoms with van der Waals surface area (Å²) in [6.45, 7) is -0.393. The zero-order chi connectivity index (χ0) is 17.6. The van der Waals surface area contributed by atoms with Gasteiger partial charge < -0.3 is 19.5 Å². The van der Waals surface area contributed by atoms with Crippen molar-refractivity contribution in [2.45, 2.75) is 18.9 Å². The molecule has 132 valence electrons. The van der Waals surface area contributed by atoms with E-state index >= 15 is 0 Å². The Morgan fingerprint density at radius 2 is 2.08 bits per heavy atom. The van der Waals surface area contributed by atoms with Crippen molar-refractivity contribution in [3.63, 3.8) is 0 Å². The Morgan fingerprint density at radius 1 is 1.28 bits per heavy atom. The minimum absolute atomic E-state index is 0.0274. The van der Waals surface area contributed by atoms with E-state index in [9.17, 15) is 14.4 Å². The number of anilines is 1. The van der Waals surface area contributed by atoms with Gasteiger partial charge in [0.2, 0.25) is 0 Å². The van der Waals surface area contributed by atoms with Crippen LogP contribution in [0.25, 0.3) is 0 Å². The minimum Gasteiger partial charge on any atom is -0.495 e. The first-order chi connectivity index (χ1) is 12.1. The van der Waals surface area contributed by atoms with Crippen molar-refractivity contribution in [2.75, 3.05) is 19.0 Å². The second kappa shape index (κ2) is 6.06. The molecule has 2 saturated carbocycles. The highest BCUT2D eigenvalue weighted by Gasteiger charge is 2.64. The van der Waals surface area contributed by atoms with Gasteiger partial charge in [0.15, 0.2) is 6.61 Å². The number of carbonyl (C=O) groups excluding carboxylic acids is 3. The van der Waals surface area contributed by atoms with Gasteiger partial charge in [0.25, 0.3) is 5.91 Å². The predicted octanol–water partition coefficient (Wildman–Crippen LogP) is 1.37. The maximum atomic E-state index is 12.4. The van der Waals surface area contributed by atoms with Gasteiger partial charge >= 0.3 is 11.9 Å². The molecule has 7 nitrogen and oxygen atoms in total. The van der Waals surface area contributed by atoms with Crippen molar-refractivity contribution in [2.24, 2.45) is 23.7 Å². The Bertz CT molecular complexity index is 730. The number of para-hydroxylation sites is 2. The van der Waals surface area contributed by atoms with Gasteiger partial charge in [-0.15, -0.1) is 0 Å². The quantitative estimate of drug-likeness (QED) is 0.811. The molecule has 1 saturated heterocycles. The summed E-state index contributed by atoms with van der Waals surface area (Å²) in [4.78, 5) is 36.4. The van der Waals surface area contributed by atoms with Gasteiger partial charge in [-0.3, -0.25) is 14.4 Å². The van der Waals surface area contributed by atoms with E-state index in [1.54, 1.807) is 24.3 Å². The second-order valence-electron chi connectivity index (χ2n) is 6.78. The first kappa shape index (κ1) is 15.9. The lowest BCUT2D eigenvalue weighted by atomic mass is 9.80. The minimum atomic E-state index is -0.482. The summed E-state index contributed by atoms with van der Waals surface area (Å²) in [5.41, 5.74) is 0.508. The van der Waals surface area contributed by atoms with Crippen molar-refractivity contribution >= 4 is 23.5 Å². The third-order valence-corrected chi connectivity index (χ3v) is 5.48. The summed E-state index contributed by atoms with van der Waals surface area (Å²) >= 11 is 0. The first-order valence-corrected chi connectivity index (χ1v) is 8.38. The predicted molar refractivity (Wildman–Crippen MR) is 85.7 cm³/mol. The molecule has 1 aromatic carbocycles. The van der Waals surface area contributed by atoms with E-state index in [2.05, 4.69) is 5.32 Å². The van der Waals surface area contributed by atoms with Crippen LogP contribution in [-0.2, 0) is 23.9 Å². The van der Waals surface area contributed by atoms with Crippen molar-refractivity contribution in [1.29, 1.82) is 0 Å². The zero-order valence-corrected chi connectivity index (χ0v) is 13.8. The number of nitrogens with one attached hydrogen (secondary N) is 1. The summed E-state index contributed by atoms with van der Waals surface area (Å²) in [6, 6.07) is 6.97. The molecule has 0 aromatic heterocycles. The average Bonchev–Trinajstić information content (AvgIpc) is 3.22. The van der Waals surface area contributed by atoms with E-state index in [-0.39, 0.29) is 23.9 Å². The van der Waals surface area contributed by atoms with Crippen LogP contribution in [0.4, 0.5) is 5.69 Å². The number of carbonyl (C=O) groups is 3. The molecule has 0 spiro atoms. The maximum Gasteiger partial charge on any atom is 0.310 e. The molecular weight excluding hydrogens is 326 g/mol. The van der Waals surface area contributed by atoms with Crippen LogP contribution in [0.2, 0.25) is 0 Å². The lowest BCUT2D eigenvalue weighted by Gasteiger charge is -2.22. The number of esters is 2. The number of amides is 1. The maximum absolute atomic E-state index is 12.4. The number of hydrogen-bond acceptors (Lipinski definition) is 6. The van der Waals surface area contributed by atoms with Crippen molar-refractivity contribution in [3.05, 3.63) is 24.3 Å². The Kier molecular flexibility index (Phi) is 3.86. The van der Waals surface area contributed by atoms with Crippen LogP contribution in [0.5, 0.6) is 5.75 Å². The van der Waals surface area contributed by atoms with Gasteiger partial charge in [-0.25, -0.2) is 0 Å². The van der Waals surface area contributed by atoms with Crippen LogP contribution < -0.4 is 10.1 Å². The highest BCUT2D eigenvalue weighted by Crippen LogP contribution is 2.57. The van der Waals surface area contributed by atoms with Crippen molar-refractivity contribution in [3.8, 4) is 5.75 Å². The lowest BCUT2D eigenvalue weighted by molar-refractivity contribution is -0.157. The Balaban J connectivity index is 1.35. The number of rotatable bonds is 5. The normalized spacial score (nSPS) is 31.6. The number of benzene rings is 1. The highest BCUT2D eigenvalue weighted by molar-refractivity contribution is 5.94. The molecule has 1 aliphatic heterocycles. The highest BCUT2D eigenvalue weighted by atomic mass is 16.6. The van der Waals surface area contributed by atoms with Crippen LogP contribution in [0.1, 0.15) is 12.8 Å². The summed E-state index contributed by atoms with van der Waals surface area (Å²) in [6.07, 6.45) is 1.52. The molecule has 3 fully saturated rings. The van der Waals surface area contributed by atoms with Gasteiger partial charge in [-0.2, -0.15) is 0 Å². The molecule has 3 aliphatic rings. The Hall–Kier alpha value is -2.57. The summed E-state index contributed by atoms with van der Waals surface area (Å²) in [7, 11) is 1.51. The van der Waals surface area contributed by atoms with Crippen LogP contribution in [0, 0.1) is 23.7 Å². The van der Waals surface area contributed by atoms with Gasteiger partial charge in [-0.1, -0.05) is 12.1 Å². The first-order valence-electron chi connectivity index (χ1n) is 8.38. The molecule has 0 unspecified atom stereocenters. The molecule has 2 bridgehead atoms. The molecule has 5 atom stereocenters. The number of ether oxygens (including phenoxy) is 3. The van der Waals surface area contributed by atoms with Gasteiger partial charge in [0.1, 0.15) is 11.9 Å². The lowest BCUT2D eigenvalue weighted by Crippen LogP contribution is -2.35. The summed E-state index contributed by atoms with van der Waals surface area (Å²) in [5.74, 6) is -1.32. The molecular formula is C18H19NO6. The smallest absolute Gasteiger partial charge is 0.310 e. The van der Waals surface area contributed by atoms with Crippen molar-refractivity contribution < 1.29 is 28.6 Å². The SMILES string of the molecule is COc1ccccc1NC(=O)COC(=O)[C@H]1[C@H]2C[C@@H]3[C@@H]1C(=O)O[C@@H]3C2. The van der Waals surface area contributed by atoms with E-state index in [0.29, 0.717) is 11.4 Å². The van der Waals surface area contributed by atoms with Crippen LogP contribution >= 0.6 is 0 Å². The van der Waals surface area contributed by atoms with Crippen LogP contribution in [0.15, 0.2) is 24.3 Å². The number of methoxy groups -OCH3 is 1. The molecule has 25 heavy (non-hydrogen) atoms. The topological polar surface area (TPSA) is 90.9 Å². The fraction of sp³-hybridized carbons (Fsp3) is 0.500. The fourth-order valence-corrected chi connectivity index (χ4v) is 4.49. The zero-order valence-electron chi connectivity index (χ0n) is 13.8. The number of hydrogen-bond donors (Lipinski definition) is 1. The molecule has 1 amide bonds. The molecule has 7 heteroatoms. The van der Waals surface area contributed by atoms with Crippen LogP contribution in [-0.4, -0.2) is 37.7 Å². The average molecular weight is 345 g/mol. The summed E-state index contributed by atoms with van der Waals surface area (Å²) < 4.78 is 15.7. The second-order valence-corrected chi connectivity index (χ2v) is 6.78. The third-order valence-electron chi connectivity index (χ3n) is 5.48. The van der Waals surface area contributed by atoms with E-state index < -0.39 is 30.3 Å². The van der Waals surface area contributed by atoms with Crippen molar-refractivity contribution in [1.82, 2.24) is 0 Å². The van der Waals surface area contributed by atoms with Gasteiger partial charge in [0, 0.05) is 5.92 Å². The van der Waals surface area contributed by atoms with Gasteiger partial charge in [0.05, 0.1) is 24.6 Å². The van der Waals surface area contributed by atoms with E-state index in [1.807, 2.05) is 0 Å². The molecule has 1 N–H and O–H groups in total. The van der Waals surface area contributed by atoms with E-state index in [4.69, 9.17) is 14.2 Å². The third kappa shape index (κ3) is 2.63. The standard InChI is InChI=1S/C18H19NO6/c1-23-12-5-3-2-4-11(12)19-14(20)8-24-17(21)15-9-6-10-13(7-9)25-18(22)16(10)15/h2-5,9-10,13,15-16H,6-8H2,1H3,(H,19,20)/t9-,10-,13+,15-,16-/m0/s1. The fourth-order valence-electron chi connectivity index (χ4n) is 4.49. The van der Waals surface area contributed by atoms with E-state index in [1.165, 1.54) is 7.11 Å². The Labute approximate surface area is 144 Å². The molecule has 1 aromatic rings. The largest absolute Gasteiger partial charge is 0.495 e. The number of fused-ring (bicyclic) bond motifs is 1.